The van der Waals surface area contributed by atoms with Crippen molar-refractivity contribution in [2.24, 2.45) is 11.5 Å². The van der Waals surface area contributed by atoms with E-state index in [1.165, 1.54) is 0 Å². The minimum absolute atomic E-state index is 0.0168. The van der Waals surface area contributed by atoms with Gasteiger partial charge in [0.25, 0.3) is 0 Å². The van der Waals surface area contributed by atoms with Crippen molar-refractivity contribution in [1.82, 2.24) is 0 Å². The van der Waals surface area contributed by atoms with E-state index in [1.54, 1.807) is 0 Å². The van der Waals surface area contributed by atoms with E-state index in [2.05, 4.69) is 15.9 Å². The minimum atomic E-state index is -0.216. The first-order valence-corrected chi connectivity index (χ1v) is 5.48. The summed E-state index contributed by atoms with van der Waals surface area (Å²) in [5.74, 6) is 0. The Bertz CT molecular complexity index is 287. The van der Waals surface area contributed by atoms with E-state index in [4.69, 9.17) is 11.5 Å². The van der Waals surface area contributed by atoms with Crippen molar-refractivity contribution in [2.45, 2.75) is 31.8 Å². The maximum absolute atomic E-state index is 6.04. The van der Waals surface area contributed by atoms with Gasteiger partial charge < -0.3 is 11.5 Å². The molecule has 1 aromatic carbocycles. The first kappa shape index (κ1) is 11.7. The van der Waals surface area contributed by atoms with Crippen LogP contribution in [0.25, 0.3) is 0 Å². The first-order chi connectivity index (χ1) is 6.38. The van der Waals surface area contributed by atoms with Crippen LogP contribution in [0.4, 0.5) is 0 Å². The van der Waals surface area contributed by atoms with E-state index in [-0.39, 0.29) is 11.6 Å². The Labute approximate surface area is 93.8 Å². The molecule has 0 fully saturated rings. The van der Waals surface area contributed by atoms with Crippen LogP contribution in [0.3, 0.4) is 0 Å². The summed E-state index contributed by atoms with van der Waals surface area (Å²) in [7, 11) is 0. The average molecular weight is 257 g/mol. The maximum Gasteiger partial charge on any atom is 0.0312 e. The molecule has 0 aromatic heterocycles. The molecule has 1 aromatic rings. The van der Waals surface area contributed by atoms with E-state index in [1.807, 2.05) is 38.1 Å². The molecular formula is C11H17BrN2. The summed E-state index contributed by atoms with van der Waals surface area (Å²) in [5, 5.41) is 0. The van der Waals surface area contributed by atoms with Crippen LogP contribution in [0.5, 0.6) is 0 Å². The lowest BCUT2D eigenvalue weighted by molar-refractivity contribution is 0.429. The van der Waals surface area contributed by atoms with Crippen LogP contribution in [-0.2, 0) is 0 Å². The number of hydrogen-bond donors (Lipinski definition) is 2. The third-order valence-corrected chi connectivity index (χ3v) is 2.57. The zero-order chi connectivity index (χ0) is 10.8. The zero-order valence-electron chi connectivity index (χ0n) is 8.63. The lowest BCUT2D eigenvalue weighted by Crippen LogP contribution is -2.35. The Morgan fingerprint density at radius 3 is 2.21 bits per heavy atom. The van der Waals surface area contributed by atoms with Crippen molar-refractivity contribution < 1.29 is 0 Å². The molecule has 1 atom stereocenters. The fourth-order valence-corrected chi connectivity index (χ4v) is 1.66. The lowest BCUT2D eigenvalue weighted by atomic mass is 9.93. The molecule has 2 nitrogen and oxygen atoms in total. The number of hydrogen-bond acceptors (Lipinski definition) is 2. The lowest BCUT2D eigenvalue weighted by Gasteiger charge is -2.23. The Morgan fingerprint density at radius 1 is 1.29 bits per heavy atom. The molecule has 0 amide bonds. The Hall–Kier alpha value is -0.380. The van der Waals surface area contributed by atoms with Gasteiger partial charge in [-0.3, -0.25) is 0 Å². The van der Waals surface area contributed by atoms with Crippen molar-refractivity contribution in [3.63, 3.8) is 0 Å². The normalized spacial score (nSPS) is 14.1. The molecule has 0 bridgehead atoms. The third kappa shape index (κ3) is 3.78. The van der Waals surface area contributed by atoms with Gasteiger partial charge in [0.1, 0.15) is 0 Å². The summed E-state index contributed by atoms with van der Waals surface area (Å²) in [6, 6.07) is 8.07. The van der Waals surface area contributed by atoms with Gasteiger partial charge in [0.05, 0.1) is 0 Å². The molecule has 0 spiro atoms. The van der Waals surface area contributed by atoms with Gasteiger partial charge >= 0.3 is 0 Å². The van der Waals surface area contributed by atoms with E-state index in [0.29, 0.717) is 0 Å². The van der Waals surface area contributed by atoms with Gasteiger partial charge in [-0.05, 0) is 38.0 Å². The Kier molecular flexibility index (Phi) is 3.70. The molecule has 1 rings (SSSR count). The van der Waals surface area contributed by atoms with Crippen LogP contribution in [0.15, 0.2) is 28.7 Å². The van der Waals surface area contributed by atoms with E-state index in [9.17, 15) is 0 Å². The molecule has 0 radical (unpaired) electrons. The summed E-state index contributed by atoms with van der Waals surface area (Å²) in [6.07, 6.45) is 0.786. The molecular weight excluding hydrogens is 240 g/mol. The Balaban J connectivity index is 2.70. The van der Waals surface area contributed by atoms with Crippen LogP contribution in [0.1, 0.15) is 31.9 Å². The number of nitrogens with two attached hydrogens (primary N) is 2. The molecule has 4 N–H and O–H groups in total. The second-order valence-corrected chi connectivity index (χ2v) is 5.27. The molecule has 0 aliphatic heterocycles. The van der Waals surface area contributed by atoms with Crippen molar-refractivity contribution in [1.29, 1.82) is 0 Å². The highest BCUT2D eigenvalue weighted by molar-refractivity contribution is 9.10. The van der Waals surface area contributed by atoms with Crippen molar-refractivity contribution >= 4 is 15.9 Å². The molecule has 78 valence electrons. The highest BCUT2D eigenvalue weighted by Crippen LogP contribution is 2.21. The van der Waals surface area contributed by atoms with Gasteiger partial charge in [-0.15, -0.1) is 0 Å². The van der Waals surface area contributed by atoms with Gasteiger partial charge in [0, 0.05) is 16.1 Å². The highest BCUT2D eigenvalue weighted by Gasteiger charge is 2.16. The first-order valence-electron chi connectivity index (χ1n) is 4.68. The third-order valence-electron chi connectivity index (χ3n) is 2.04. The van der Waals surface area contributed by atoms with Gasteiger partial charge in [-0.1, -0.05) is 28.1 Å². The number of halogens is 1. The van der Waals surface area contributed by atoms with Gasteiger partial charge in [0.2, 0.25) is 0 Å². The van der Waals surface area contributed by atoms with Gasteiger partial charge in [0.15, 0.2) is 0 Å². The fourth-order valence-electron chi connectivity index (χ4n) is 1.39. The van der Waals surface area contributed by atoms with Crippen LogP contribution >= 0.6 is 15.9 Å². The second kappa shape index (κ2) is 4.43. The molecule has 3 heteroatoms. The summed E-state index contributed by atoms with van der Waals surface area (Å²) in [6.45, 7) is 3.98. The Morgan fingerprint density at radius 2 is 1.79 bits per heavy atom. The molecule has 0 saturated carbocycles. The van der Waals surface area contributed by atoms with E-state index in [0.717, 1.165) is 16.5 Å². The van der Waals surface area contributed by atoms with Gasteiger partial charge in [-0.25, -0.2) is 0 Å². The quantitative estimate of drug-likeness (QED) is 0.874. The molecule has 14 heavy (non-hydrogen) atoms. The molecule has 0 heterocycles. The summed E-state index contributed by atoms with van der Waals surface area (Å²) in [5.41, 5.74) is 12.9. The van der Waals surface area contributed by atoms with Crippen molar-refractivity contribution in [3.8, 4) is 0 Å². The number of rotatable bonds is 3. The van der Waals surface area contributed by atoms with Crippen molar-refractivity contribution in [2.75, 3.05) is 0 Å². The molecule has 0 aliphatic carbocycles. The maximum atomic E-state index is 6.04. The van der Waals surface area contributed by atoms with Gasteiger partial charge in [-0.2, -0.15) is 0 Å². The van der Waals surface area contributed by atoms with E-state index >= 15 is 0 Å². The second-order valence-electron chi connectivity index (χ2n) is 4.35. The predicted octanol–water partition coefficient (Wildman–Crippen LogP) is 2.58. The smallest absolute Gasteiger partial charge is 0.0312 e. The monoisotopic (exact) mass is 256 g/mol. The largest absolute Gasteiger partial charge is 0.325 e. The van der Waals surface area contributed by atoms with Crippen molar-refractivity contribution in [3.05, 3.63) is 34.3 Å². The van der Waals surface area contributed by atoms with Crippen LogP contribution < -0.4 is 11.5 Å². The number of benzene rings is 1. The fraction of sp³-hybridized carbons (Fsp3) is 0.455. The average Bonchev–Trinajstić information content (AvgIpc) is 2.02. The zero-order valence-corrected chi connectivity index (χ0v) is 10.2. The summed E-state index contributed by atoms with van der Waals surface area (Å²) in [4.78, 5) is 0. The SMILES string of the molecule is CC(C)(N)CC(N)c1ccc(Br)cc1. The highest BCUT2D eigenvalue weighted by atomic mass is 79.9. The van der Waals surface area contributed by atoms with Crippen LogP contribution in [0, 0.1) is 0 Å². The van der Waals surface area contributed by atoms with Crippen LogP contribution in [-0.4, -0.2) is 5.54 Å². The van der Waals surface area contributed by atoms with E-state index < -0.39 is 0 Å². The van der Waals surface area contributed by atoms with Crippen LogP contribution in [0.2, 0.25) is 0 Å². The predicted molar refractivity (Wildman–Crippen MR) is 64.0 cm³/mol. The summed E-state index contributed by atoms with van der Waals surface area (Å²) >= 11 is 3.39. The minimum Gasteiger partial charge on any atom is -0.325 e. The molecule has 0 aliphatic rings. The topological polar surface area (TPSA) is 52.0 Å². The standard InChI is InChI=1S/C11H17BrN2/c1-11(2,14)7-10(13)8-3-5-9(12)6-4-8/h3-6,10H,7,13-14H2,1-2H3. The summed E-state index contributed by atoms with van der Waals surface area (Å²) < 4.78 is 1.07. The molecule has 1 unspecified atom stereocenters. The molecule has 0 saturated heterocycles.